The van der Waals surface area contributed by atoms with E-state index < -0.39 is 0 Å². The number of unbranched alkanes of at least 4 members (excludes halogenated alkanes) is 3. The Kier molecular flexibility index (Phi) is 61.8. The van der Waals surface area contributed by atoms with Crippen molar-refractivity contribution in [3.05, 3.63) is 12.2 Å². The molecular weight excluding hydrogens is 462 g/mol. The van der Waals surface area contributed by atoms with E-state index in [1.165, 1.54) is 77.3 Å². The number of rotatable bonds is 7. The molecule has 0 aromatic carbocycles. The molecule has 1 saturated heterocycles. The minimum absolute atomic E-state index is 0.550. The van der Waals surface area contributed by atoms with Gasteiger partial charge in [0.2, 0.25) is 0 Å². The predicted molar refractivity (Wildman–Crippen MR) is 184 cm³/mol. The molecule has 0 aliphatic carbocycles. The Morgan fingerprint density at radius 3 is 1.24 bits per heavy atom. The predicted octanol–water partition coefficient (Wildman–Crippen LogP) is 12.9. The van der Waals surface area contributed by atoms with E-state index in [9.17, 15) is 0 Å². The first-order valence-corrected chi connectivity index (χ1v) is 16.5. The maximum atomic E-state index is 4.69. The maximum absolute atomic E-state index is 4.69. The maximum Gasteiger partial charge on any atom is 0.0459 e. The summed E-state index contributed by atoms with van der Waals surface area (Å²) >= 11 is 0. The van der Waals surface area contributed by atoms with Crippen molar-refractivity contribution in [3.8, 4) is 0 Å². The number of hydrogen-bond donors (Lipinski definition) is 0. The van der Waals surface area contributed by atoms with Gasteiger partial charge in [0.05, 0.1) is 0 Å². The van der Waals surface area contributed by atoms with Crippen LogP contribution in [0.3, 0.4) is 0 Å². The van der Waals surface area contributed by atoms with Gasteiger partial charge in [-0.3, -0.25) is 0 Å². The number of ether oxygens (including phenoxy) is 1. The monoisotopic (exact) mass is 546 g/mol. The molecule has 1 aliphatic rings. The third kappa shape index (κ3) is 91.3. The standard InChI is InChI=1S/C7H15N.C7H16.2C5H12.C4H10O.C4H10.C4H8/c1-7-3-5-8(2)6-4-7;1-5-6-7(2,3)4;1-4-5(2)3;1-3-5-4-2;1-3-4-5-2;2*1-3-4-2/h7H,3-6H2,1-2H3;5-6H2,1-4H3;5H,4H2,1-3H3;3-5H2,1-2H3;3-4H2,1-2H3;3-4H2,1-2H3;3-4H,1-2H3/b;;;;;;4-3+. The van der Waals surface area contributed by atoms with E-state index >= 15 is 0 Å². The molecule has 0 aromatic rings. The van der Waals surface area contributed by atoms with Gasteiger partial charge in [-0.25, -0.2) is 0 Å². The molecule has 2 nitrogen and oxygen atoms in total. The second kappa shape index (κ2) is 46.5. The molecule has 2 heteroatoms. The zero-order valence-corrected chi connectivity index (χ0v) is 30.6. The zero-order valence-electron chi connectivity index (χ0n) is 30.6. The molecule has 0 N–H and O–H groups in total. The number of piperidine rings is 1. The van der Waals surface area contributed by atoms with Gasteiger partial charge in [-0.2, -0.15) is 0 Å². The first-order chi connectivity index (χ1) is 17.8. The minimum atomic E-state index is 0.550. The SMILES string of the molecule is C/C=C/C.CC1CCN(C)CC1.CCC(C)C.CCCC.CCCC(C)(C)C.CCCCC.CCCOC. The van der Waals surface area contributed by atoms with Crippen molar-refractivity contribution in [2.75, 3.05) is 33.9 Å². The molecule has 0 saturated carbocycles. The van der Waals surface area contributed by atoms with E-state index in [0.29, 0.717) is 5.41 Å². The zero-order chi connectivity index (χ0) is 31.3. The lowest BCUT2D eigenvalue weighted by atomic mass is 9.91. The van der Waals surface area contributed by atoms with Gasteiger partial charge in [0.15, 0.2) is 0 Å². The van der Waals surface area contributed by atoms with Crippen LogP contribution in [0.1, 0.15) is 174 Å². The molecule has 1 fully saturated rings. The van der Waals surface area contributed by atoms with Gasteiger partial charge in [0.1, 0.15) is 0 Å². The van der Waals surface area contributed by atoms with Crippen LogP contribution in [0.15, 0.2) is 12.2 Å². The summed E-state index contributed by atoms with van der Waals surface area (Å²) in [4.78, 5) is 2.40. The lowest BCUT2D eigenvalue weighted by molar-refractivity contribution is 0.199. The van der Waals surface area contributed by atoms with Crippen LogP contribution < -0.4 is 0 Å². The summed E-state index contributed by atoms with van der Waals surface area (Å²) in [5, 5.41) is 0. The van der Waals surface area contributed by atoms with Crippen molar-refractivity contribution in [2.24, 2.45) is 17.3 Å². The number of likely N-dealkylation sites (tertiary alicyclic amines) is 1. The normalized spacial score (nSPS) is 13.0. The molecular formula is C36H83NO. The largest absolute Gasteiger partial charge is 0.385 e. The molecule has 238 valence electrons. The Morgan fingerprint density at radius 2 is 1.16 bits per heavy atom. The lowest BCUT2D eigenvalue weighted by Gasteiger charge is -2.26. The summed E-state index contributed by atoms with van der Waals surface area (Å²) in [6.07, 6.45) is 18.6. The van der Waals surface area contributed by atoms with Crippen LogP contribution in [0.25, 0.3) is 0 Å². The van der Waals surface area contributed by atoms with Crippen LogP contribution in [0.5, 0.6) is 0 Å². The molecule has 38 heavy (non-hydrogen) atoms. The highest BCUT2D eigenvalue weighted by molar-refractivity contribution is 4.68. The van der Waals surface area contributed by atoms with Gasteiger partial charge in [-0.1, -0.05) is 147 Å². The van der Waals surface area contributed by atoms with Crippen molar-refractivity contribution in [3.63, 3.8) is 0 Å². The fourth-order valence-electron chi connectivity index (χ4n) is 2.45. The highest BCUT2D eigenvalue weighted by atomic mass is 16.5. The number of methoxy groups -OCH3 is 1. The van der Waals surface area contributed by atoms with E-state index in [1.807, 2.05) is 26.0 Å². The Hall–Kier alpha value is -0.340. The van der Waals surface area contributed by atoms with Gasteiger partial charge >= 0.3 is 0 Å². The van der Waals surface area contributed by atoms with E-state index in [4.69, 9.17) is 4.74 Å². The smallest absolute Gasteiger partial charge is 0.0459 e. The van der Waals surface area contributed by atoms with Gasteiger partial charge < -0.3 is 9.64 Å². The minimum Gasteiger partial charge on any atom is -0.385 e. The first kappa shape index (κ1) is 50.5. The molecule has 1 rings (SSSR count). The molecule has 1 aliphatic heterocycles. The first-order valence-electron chi connectivity index (χ1n) is 16.5. The summed E-state index contributed by atoms with van der Waals surface area (Å²) in [6.45, 7) is 36.4. The highest BCUT2D eigenvalue weighted by Crippen LogP contribution is 2.19. The van der Waals surface area contributed by atoms with Crippen molar-refractivity contribution >= 4 is 0 Å². The van der Waals surface area contributed by atoms with E-state index in [1.54, 1.807) is 7.11 Å². The van der Waals surface area contributed by atoms with E-state index in [-0.39, 0.29) is 0 Å². The van der Waals surface area contributed by atoms with E-state index in [0.717, 1.165) is 24.9 Å². The van der Waals surface area contributed by atoms with Crippen molar-refractivity contribution in [1.29, 1.82) is 0 Å². The molecule has 0 radical (unpaired) electrons. The number of allylic oxidation sites excluding steroid dienone is 2. The molecule has 0 atom stereocenters. The molecule has 0 amide bonds. The van der Waals surface area contributed by atoms with Crippen LogP contribution in [0.2, 0.25) is 0 Å². The van der Waals surface area contributed by atoms with Crippen LogP contribution in [0, 0.1) is 17.3 Å². The molecule has 0 bridgehead atoms. The second-order valence-electron chi connectivity index (χ2n) is 12.1. The molecule has 1 heterocycles. The quantitative estimate of drug-likeness (QED) is 0.295. The number of nitrogens with zero attached hydrogens (tertiary/aromatic N) is 1. The van der Waals surface area contributed by atoms with Crippen LogP contribution >= 0.6 is 0 Å². The topological polar surface area (TPSA) is 12.5 Å². The summed E-state index contributed by atoms with van der Waals surface area (Å²) in [5.41, 5.74) is 0.550. The molecule has 0 spiro atoms. The average molecular weight is 546 g/mol. The van der Waals surface area contributed by atoms with E-state index in [2.05, 4.69) is 102 Å². The third-order valence-corrected chi connectivity index (χ3v) is 5.77. The van der Waals surface area contributed by atoms with Gasteiger partial charge in [0.25, 0.3) is 0 Å². The van der Waals surface area contributed by atoms with Crippen molar-refractivity contribution in [2.45, 2.75) is 174 Å². The fourth-order valence-corrected chi connectivity index (χ4v) is 2.45. The second-order valence-corrected chi connectivity index (χ2v) is 12.1. The van der Waals surface area contributed by atoms with Gasteiger partial charge in [-0.05, 0) is 76.9 Å². The Labute approximate surface area is 247 Å². The van der Waals surface area contributed by atoms with Crippen molar-refractivity contribution < 1.29 is 4.74 Å². The Balaban J connectivity index is -0.0000000800. The summed E-state index contributed by atoms with van der Waals surface area (Å²) in [7, 11) is 3.91. The van der Waals surface area contributed by atoms with Gasteiger partial charge in [-0.15, -0.1) is 0 Å². The number of hydrogen-bond acceptors (Lipinski definition) is 2. The van der Waals surface area contributed by atoms with Crippen molar-refractivity contribution in [1.82, 2.24) is 4.90 Å². The van der Waals surface area contributed by atoms with Gasteiger partial charge in [0, 0.05) is 13.7 Å². The molecule has 0 aromatic heterocycles. The summed E-state index contributed by atoms with van der Waals surface area (Å²) in [5.74, 6) is 1.86. The average Bonchev–Trinajstić information content (AvgIpc) is 2.88. The van der Waals surface area contributed by atoms with Crippen LogP contribution in [-0.2, 0) is 4.74 Å². The summed E-state index contributed by atoms with van der Waals surface area (Å²) < 4.78 is 4.69. The lowest BCUT2D eigenvalue weighted by Crippen LogP contribution is -2.28. The third-order valence-electron chi connectivity index (χ3n) is 5.77. The summed E-state index contributed by atoms with van der Waals surface area (Å²) in [6, 6.07) is 0. The molecule has 0 unspecified atom stereocenters. The highest BCUT2D eigenvalue weighted by Gasteiger charge is 2.10. The Bertz CT molecular complexity index is 323. The van der Waals surface area contributed by atoms with Crippen LogP contribution in [0.4, 0.5) is 0 Å². The van der Waals surface area contributed by atoms with Crippen LogP contribution in [-0.4, -0.2) is 38.8 Å². The Morgan fingerprint density at radius 1 is 0.763 bits per heavy atom. The fraction of sp³-hybridized carbons (Fsp3) is 0.944.